The van der Waals surface area contributed by atoms with Crippen molar-refractivity contribution in [1.29, 1.82) is 0 Å². The number of aliphatic imine (C=N–C) groups is 1. The number of fused-ring (bicyclic) bond motifs is 2. The van der Waals surface area contributed by atoms with Crippen LogP contribution in [-0.4, -0.2) is 40.1 Å². The molecule has 86 heavy (non-hydrogen) atoms. The van der Waals surface area contributed by atoms with Gasteiger partial charge >= 0.3 is 5.97 Å². The minimum atomic E-state index is -0.451. The molecule has 0 atom stereocenters. The van der Waals surface area contributed by atoms with E-state index < -0.39 is 11.4 Å². The van der Waals surface area contributed by atoms with Crippen LogP contribution in [0.25, 0.3) is 0 Å². The van der Waals surface area contributed by atoms with Crippen molar-refractivity contribution in [2.75, 3.05) is 28.4 Å². The quantitative estimate of drug-likeness (QED) is 0.163. The summed E-state index contributed by atoms with van der Waals surface area (Å²) in [6.07, 6.45) is 7.34. The SMILES string of the molecule is COc1cc2c(C(C)(C)C)cc1CC1=Nc3c4cccc3COc3c(cc(C(C)(C)C)cc3Cc3cc(C(C)(C)C)c(cc3OC)Cc3cc(OC)c(cc3C(C)(C)C)C/C(=C/C(C(C)(C)C)=C\1)C(=O)OC4)Cc1cc(C(C)(C)C)c(cc1OC)C2. The second-order valence-electron chi connectivity index (χ2n) is 30.6. The molecule has 0 radical (unpaired) electrons. The van der Waals surface area contributed by atoms with E-state index in [0.717, 1.165) is 84.4 Å². The van der Waals surface area contributed by atoms with Gasteiger partial charge in [0, 0.05) is 53.7 Å². The molecule has 0 saturated heterocycles. The molecule has 0 spiro atoms. The van der Waals surface area contributed by atoms with Crippen LogP contribution in [0.15, 0.2) is 107 Å². The van der Waals surface area contributed by atoms with Gasteiger partial charge in [0.15, 0.2) is 0 Å². The standard InChI is InChI=1S/C78H97NO7/c1-73(2,3)59-31-56-28-52-35-62(75(7,8)9)48(39-66(52)81-19)26-50-41-68(83-21)54(37-64(50)77(13,14)15)30-58-33-60(74(4,5)6)43-61-34-55-38-65(78(16,17)18)51(42-69(55)84-22)27-49-40-67(82-20)53(36-63(49)76(10,11)12)29-57(32-59)71(56)85-44-46-24-23-25-47(70(46)79-61)45-86-72(58)80/h23-25,31-33,35-43H,26-30,34,44-45H2,1-22H3/b58-33-,60-43+,79-61?. The maximum atomic E-state index is 15.2. The van der Waals surface area contributed by atoms with Gasteiger partial charge in [0.05, 0.1) is 34.1 Å². The van der Waals surface area contributed by atoms with Gasteiger partial charge in [-0.3, -0.25) is 4.99 Å². The van der Waals surface area contributed by atoms with Crippen LogP contribution in [0.5, 0.6) is 28.7 Å². The Morgan fingerprint density at radius 3 is 1.09 bits per heavy atom. The van der Waals surface area contributed by atoms with Crippen LogP contribution in [0.4, 0.5) is 5.69 Å². The third-order valence-electron chi connectivity index (χ3n) is 17.6. The summed E-state index contributed by atoms with van der Waals surface area (Å²) in [4.78, 5) is 21.0. The van der Waals surface area contributed by atoms with E-state index in [-0.39, 0.29) is 46.7 Å². The molecule has 456 valence electrons. The van der Waals surface area contributed by atoms with Crippen molar-refractivity contribution < 1.29 is 33.2 Å². The fourth-order valence-electron chi connectivity index (χ4n) is 12.9. The van der Waals surface area contributed by atoms with E-state index in [9.17, 15) is 0 Å². The first-order valence-corrected chi connectivity index (χ1v) is 31.0. The van der Waals surface area contributed by atoms with Crippen LogP contribution in [0.1, 0.15) is 219 Å². The van der Waals surface area contributed by atoms with Crippen molar-refractivity contribution in [1.82, 2.24) is 0 Å². The van der Waals surface area contributed by atoms with Gasteiger partial charge in [-0.1, -0.05) is 179 Å². The van der Waals surface area contributed by atoms with Crippen molar-refractivity contribution in [2.45, 2.75) is 203 Å². The van der Waals surface area contributed by atoms with Crippen LogP contribution in [0.3, 0.4) is 0 Å². The average molecular weight is 1160 g/mol. The summed E-state index contributed by atoms with van der Waals surface area (Å²) < 4.78 is 40.0. The molecule has 6 aromatic carbocycles. The molecule has 0 aliphatic carbocycles. The fourth-order valence-corrected chi connectivity index (χ4v) is 12.9. The van der Waals surface area contributed by atoms with Gasteiger partial charge in [0.1, 0.15) is 42.0 Å². The normalized spacial score (nSPS) is 16.6. The molecule has 8 aliphatic heterocycles. The molecule has 8 heteroatoms. The third-order valence-corrected chi connectivity index (χ3v) is 17.6. The maximum Gasteiger partial charge on any atom is 0.334 e. The number of rotatable bonds is 4. The first-order chi connectivity index (χ1) is 40.1. The number of benzene rings is 6. The zero-order chi connectivity index (χ0) is 62.8. The second-order valence-corrected chi connectivity index (χ2v) is 30.6. The molecular weight excluding hydrogens is 1060 g/mol. The van der Waals surface area contributed by atoms with Crippen molar-refractivity contribution in [3.63, 3.8) is 0 Å². The topological polar surface area (TPSA) is 84.8 Å². The number of para-hydroxylation sites is 1. The van der Waals surface area contributed by atoms with Crippen LogP contribution < -0.4 is 23.7 Å². The van der Waals surface area contributed by atoms with Crippen molar-refractivity contribution >= 4 is 17.4 Å². The monoisotopic (exact) mass is 1160 g/mol. The summed E-state index contributed by atoms with van der Waals surface area (Å²) in [5.41, 5.74) is 19.9. The van der Waals surface area contributed by atoms with Crippen molar-refractivity contribution in [2.24, 2.45) is 10.4 Å². The Hall–Kier alpha value is -7.06. The minimum absolute atomic E-state index is 0.00943. The Labute approximate surface area is 515 Å². The molecule has 0 amide bonds. The summed E-state index contributed by atoms with van der Waals surface area (Å²) >= 11 is 0. The van der Waals surface area contributed by atoms with E-state index in [0.29, 0.717) is 49.1 Å². The summed E-state index contributed by atoms with van der Waals surface area (Å²) in [7, 11) is 7.09. The highest BCUT2D eigenvalue weighted by Crippen LogP contribution is 2.45. The molecule has 6 aromatic rings. The van der Waals surface area contributed by atoms with E-state index in [2.05, 4.69) is 204 Å². The minimum Gasteiger partial charge on any atom is -0.496 e. The summed E-state index contributed by atoms with van der Waals surface area (Å²) in [5.74, 6) is 3.55. The van der Waals surface area contributed by atoms with Crippen molar-refractivity contribution in [3.8, 4) is 28.7 Å². The molecule has 8 aliphatic rings. The van der Waals surface area contributed by atoms with Crippen LogP contribution in [-0.2, 0) is 88.3 Å². The summed E-state index contributed by atoms with van der Waals surface area (Å²) in [6.45, 7) is 41.2. The molecule has 8 nitrogen and oxygen atoms in total. The largest absolute Gasteiger partial charge is 0.496 e. The number of methoxy groups -OCH3 is 4. The van der Waals surface area contributed by atoms with E-state index >= 15 is 4.79 Å². The van der Waals surface area contributed by atoms with Gasteiger partial charge < -0.3 is 28.4 Å². The van der Waals surface area contributed by atoms with Gasteiger partial charge in [-0.15, -0.1) is 0 Å². The second kappa shape index (κ2) is 23.6. The van der Waals surface area contributed by atoms with Gasteiger partial charge in [-0.25, -0.2) is 4.79 Å². The highest BCUT2D eigenvalue weighted by atomic mass is 16.5. The van der Waals surface area contributed by atoms with Crippen molar-refractivity contribution in [3.05, 3.63) is 197 Å². The van der Waals surface area contributed by atoms with Crippen LogP contribution in [0.2, 0.25) is 0 Å². The number of esters is 1. The van der Waals surface area contributed by atoms with Crippen LogP contribution in [0, 0.1) is 5.41 Å². The van der Waals surface area contributed by atoms with Gasteiger partial charge in [-0.05, 0) is 165 Å². The van der Waals surface area contributed by atoms with Gasteiger partial charge in [0.25, 0.3) is 0 Å². The number of carbonyl (C=O) groups excluding carboxylic acids is 1. The molecule has 0 aromatic heterocycles. The smallest absolute Gasteiger partial charge is 0.334 e. The molecule has 14 bridgehead atoms. The number of nitrogens with zero attached hydrogens (tertiary/aromatic N) is 1. The summed E-state index contributed by atoms with van der Waals surface area (Å²) in [5, 5.41) is 0. The predicted molar refractivity (Wildman–Crippen MR) is 354 cm³/mol. The third kappa shape index (κ3) is 13.6. The lowest BCUT2D eigenvalue weighted by Crippen LogP contribution is -2.20. The molecule has 0 unspecified atom stereocenters. The first kappa shape index (κ1) is 63.4. The molecule has 0 fully saturated rings. The van der Waals surface area contributed by atoms with E-state index in [1.165, 1.54) is 44.5 Å². The Balaban J connectivity index is 1.48. The molecule has 14 rings (SSSR count). The van der Waals surface area contributed by atoms with E-state index in [4.69, 9.17) is 33.4 Å². The molecule has 0 N–H and O–H groups in total. The summed E-state index contributed by atoms with van der Waals surface area (Å²) in [6, 6.07) is 29.3. The Kier molecular flexibility index (Phi) is 17.4. The molecular formula is C78H97NO7. The molecule has 0 saturated carbocycles. The Bertz CT molecular complexity index is 3710. The maximum absolute atomic E-state index is 15.2. The first-order valence-electron chi connectivity index (χ1n) is 31.0. The lowest BCUT2D eigenvalue weighted by molar-refractivity contribution is -0.140. The Morgan fingerprint density at radius 2 is 0.733 bits per heavy atom. The highest BCUT2D eigenvalue weighted by molar-refractivity contribution is 6.00. The Morgan fingerprint density at radius 1 is 0.372 bits per heavy atom. The zero-order valence-corrected chi connectivity index (χ0v) is 56.1. The number of ether oxygens (including phenoxy) is 6. The number of carbonyl (C=O) groups is 1. The highest BCUT2D eigenvalue weighted by Gasteiger charge is 2.32. The number of hydrogen-bond acceptors (Lipinski definition) is 8. The van der Waals surface area contributed by atoms with E-state index in [1.807, 2.05) is 12.1 Å². The lowest BCUT2D eigenvalue weighted by Gasteiger charge is -2.29. The van der Waals surface area contributed by atoms with Gasteiger partial charge in [0.2, 0.25) is 0 Å². The van der Waals surface area contributed by atoms with Gasteiger partial charge in [-0.2, -0.15) is 0 Å². The predicted octanol–water partition coefficient (Wildman–Crippen LogP) is 18.3. The van der Waals surface area contributed by atoms with E-state index in [1.54, 1.807) is 28.4 Å². The lowest BCUT2D eigenvalue weighted by atomic mass is 9.76. The number of hydrogen-bond donors (Lipinski definition) is 0. The fraction of sp³-hybridized carbons (Fsp3) is 0.462. The molecule has 8 heterocycles. The average Bonchev–Trinajstić information content (AvgIpc) is 1.06. The number of allylic oxidation sites excluding steroid dienone is 3. The zero-order valence-electron chi connectivity index (χ0n) is 56.1. The van der Waals surface area contributed by atoms with Crippen LogP contribution >= 0.6 is 0 Å².